The van der Waals surface area contributed by atoms with Crippen LogP contribution < -0.4 is 5.32 Å². The highest BCUT2D eigenvalue weighted by atomic mass is 15.1. The summed E-state index contributed by atoms with van der Waals surface area (Å²) in [5.74, 6) is 0. The van der Waals surface area contributed by atoms with E-state index in [0.717, 1.165) is 19.6 Å². The van der Waals surface area contributed by atoms with E-state index in [1.807, 2.05) is 0 Å². The molecule has 2 nitrogen and oxygen atoms in total. The first-order valence-corrected chi connectivity index (χ1v) is 7.82. The van der Waals surface area contributed by atoms with Crippen LogP contribution in [0.15, 0.2) is 24.3 Å². The molecule has 0 fully saturated rings. The summed E-state index contributed by atoms with van der Waals surface area (Å²) in [4.78, 5) is 2.44. The van der Waals surface area contributed by atoms with E-state index in [1.165, 1.54) is 17.5 Å². The van der Waals surface area contributed by atoms with E-state index in [-0.39, 0.29) is 0 Å². The molecule has 1 aromatic rings. The van der Waals surface area contributed by atoms with Gasteiger partial charge in [0.25, 0.3) is 0 Å². The molecule has 0 saturated carbocycles. The molecule has 0 aromatic heterocycles. The minimum absolute atomic E-state index is 0.337. The van der Waals surface area contributed by atoms with Gasteiger partial charge in [-0.3, -0.25) is 0 Å². The molecule has 1 N–H and O–H groups in total. The Kier molecular flexibility index (Phi) is 6.70. The highest BCUT2D eigenvalue weighted by Crippen LogP contribution is 2.22. The molecule has 0 spiro atoms. The zero-order valence-corrected chi connectivity index (χ0v) is 14.2. The van der Waals surface area contributed by atoms with Crippen LogP contribution in [0, 0.1) is 12.3 Å². The molecule has 0 aliphatic heterocycles. The summed E-state index contributed by atoms with van der Waals surface area (Å²) >= 11 is 0. The fourth-order valence-electron chi connectivity index (χ4n) is 2.46. The van der Waals surface area contributed by atoms with Gasteiger partial charge >= 0.3 is 0 Å². The minimum atomic E-state index is 0.337. The number of benzene rings is 1. The predicted octanol–water partition coefficient (Wildman–Crippen LogP) is 3.84. The first kappa shape index (κ1) is 17.2. The molecular formula is C18H32N2. The highest BCUT2D eigenvalue weighted by molar-refractivity contribution is 5.21. The summed E-state index contributed by atoms with van der Waals surface area (Å²) < 4.78 is 0. The molecule has 0 saturated heterocycles. The van der Waals surface area contributed by atoms with Crippen molar-refractivity contribution in [3.05, 3.63) is 35.4 Å². The predicted molar refractivity (Wildman–Crippen MR) is 89.0 cm³/mol. The smallest absolute Gasteiger partial charge is 0.0230 e. The van der Waals surface area contributed by atoms with E-state index >= 15 is 0 Å². The van der Waals surface area contributed by atoms with Crippen LogP contribution in [-0.2, 0) is 6.54 Å². The standard InChI is InChI=1S/C18H32N2/c1-7-18(5,13-19-15(2)3)14-20(6)12-17-10-8-16(4)9-11-17/h8-11,15,19H,7,12-14H2,1-6H3. The number of hydrogen-bond donors (Lipinski definition) is 1. The molecular weight excluding hydrogens is 244 g/mol. The lowest BCUT2D eigenvalue weighted by Crippen LogP contribution is -2.42. The monoisotopic (exact) mass is 276 g/mol. The minimum Gasteiger partial charge on any atom is -0.314 e. The van der Waals surface area contributed by atoms with Gasteiger partial charge in [-0.05, 0) is 31.4 Å². The molecule has 2 heteroatoms. The summed E-state index contributed by atoms with van der Waals surface area (Å²) in [6.07, 6.45) is 1.20. The molecule has 0 aliphatic rings. The quantitative estimate of drug-likeness (QED) is 0.776. The van der Waals surface area contributed by atoms with Gasteiger partial charge in [0.15, 0.2) is 0 Å². The Labute approximate surface area is 125 Å². The molecule has 20 heavy (non-hydrogen) atoms. The third-order valence-electron chi connectivity index (χ3n) is 4.02. The Balaban J connectivity index is 2.53. The van der Waals surface area contributed by atoms with Gasteiger partial charge < -0.3 is 10.2 Å². The second-order valence-electron chi connectivity index (χ2n) is 6.86. The fraction of sp³-hybridized carbons (Fsp3) is 0.667. The van der Waals surface area contributed by atoms with Crippen molar-refractivity contribution >= 4 is 0 Å². The summed E-state index contributed by atoms with van der Waals surface area (Å²) in [5, 5.41) is 3.59. The van der Waals surface area contributed by atoms with Crippen LogP contribution >= 0.6 is 0 Å². The van der Waals surface area contributed by atoms with Gasteiger partial charge in [0.05, 0.1) is 0 Å². The van der Waals surface area contributed by atoms with Crippen LogP contribution in [0.2, 0.25) is 0 Å². The Bertz CT molecular complexity index is 383. The van der Waals surface area contributed by atoms with Gasteiger partial charge in [0, 0.05) is 25.7 Å². The molecule has 0 radical (unpaired) electrons. The van der Waals surface area contributed by atoms with E-state index < -0.39 is 0 Å². The van der Waals surface area contributed by atoms with Crippen molar-refractivity contribution in [3.63, 3.8) is 0 Å². The van der Waals surface area contributed by atoms with Crippen LogP contribution in [0.1, 0.15) is 45.2 Å². The summed E-state index contributed by atoms with van der Waals surface area (Å²) in [5.41, 5.74) is 3.06. The van der Waals surface area contributed by atoms with Crippen molar-refractivity contribution in [3.8, 4) is 0 Å². The largest absolute Gasteiger partial charge is 0.314 e. The van der Waals surface area contributed by atoms with Crippen LogP contribution in [-0.4, -0.2) is 31.1 Å². The molecule has 0 heterocycles. The molecule has 1 aromatic carbocycles. The number of hydrogen-bond acceptors (Lipinski definition) is 2. The van der Waals surface area contributed by atoms with Crippen molar-refractivity contribution in [2.75, 3.05) is 20.1 Å². The second kappa shape index (κ2) is 7.80. The van der Waals surface area contributed by atoms with Crippen molar-refractivity contribution in [1.82, 2.24) is 10.2 Å². The summed E-state index contributed by atoms with van der Waals surface area (Å²) in [6.45, 7) is 14.5. The zero-order valence-electron chi connectivity index (χ0n) is 14.2. The molecule has 0 amide bonds. The van der Waals surface area contributed by atoms with E-state index in [0.29, 0.717) is 11.5 Å². The number of nitrogens with zero attached hydrogens (tertiary/aromatic N) is 1. The topological polar surface area (TPSA) is 15.3 Å². The maximum absolute atomic E-state index is 3.59. The van der Waals surface area contributed by atoms with Crippen LogP contribution in [0.4, 0.5) is 0 Å². The lowest BCUT2D eigenvalue weighted by atomic mass is 9.86. The van der Waals surface area contributed by atoms with Gasteiger partial charge in [-0.2, -0.15) is 0 Å². The van der Waals surface area contributed by atoms with Crippen LogP contribution in [0.5, 0.6) is 0 Å². The fourth-order valence-corrected chi connectivity index (χ4v) is 2.46. The van der Waals surface area contributed by atoms with Gasteiger partial charge in [-0.15, -0.1) is 0 Å². The Hall–Kier alpha value is -0.860. The van der Waals surface area contributed by atoms with Crippen molar-refractivity contribution < 1.29 is 0 Å². The SMILES string of the molecule is CCC(C)(CNC(C)C)CN(C)Cc1ccc(C)cc1. The Morgan fingerprint density at radius 3 is 2.30 bits per heavy atom. The maximum atomic E-state index is 3.59. The lowest BCUT2D eigenvalue weighted by molar-refractivity contribution is 0.172. The normalized spacial score (nSPS) is 14.8. The Morgan fingerprint density at radius 1 is 1.20 bits per heavy atom. The summed E-state index contributed by atoms with van der Waals surface area (Å²) in [6, 6.07) is 9.43. The number of rotatable bonds is 8. The van der Waals surface area contributed by atoms with Gasteiger partial charge in [0.1, 0.15) is 0 Å². The zero-order chi connectivity index (χ0) is 15.2. The number of aryl methyl sites for hydroxylation is 1. The van der Waals surface area contributed by atoms with E-state index in [2.05, 4.69) is 76.1 Å². The van der Waals surface area contributed by atoms with E-state index in [4.69, 9.17) is 0 Å². The van der Waals surface area contributed by atoms with Crippen LogP contribution in [0.3, 0.4) is 0 Å². The van der Waals surface area contributed by atoms with Gasteiger partial charge in [0.2, 0.25) is 0 Å². The van der Waals surface area contributed by atoms with Crippen molar-refractivity contribution in [2.24, 2.45) is 5.41 Å². The first-order valence-electron chi connectivity index (χ1n) is 7.82. The molecule has 114 valence electrons. The van der Waals surface area contributed by atoms with E-state index in [9.17, 15) is 0 Å². The third kappa shape index (κ3) is 6.06. The summed E-state index contributed by atoms with van der Waals surface area (Å²) in [7, 11) is 2.23. The van der Waals surface area contributed by atoms with Crippen molar-refractivity contribution in [1.29, 1.82) is 0 Å². The highest BCUT2D eigenvalue weighted by Gasteiger charge is 2.24. The van der Waals surface area contributed by atoms with E-state index in [1.54, 1.807) is 0 Å². The van der Waals surface area contributed by atoms with Gasteiger partial charge in [-0.25, -0.2) is 0 Å². The molecule has 1 atom stereocenters. The second-order valence-corrected chi connectivity index (χ2v) is 6.86. The number of nitrogens with one attached hydrogen (secondary N) is 1. The average Bonchev–Trinajstić information content (AvgIpc) is 2.39. The Morgan fingerprint density at radius 2 is 1.80 bits per heavy atom. The lowest BCUT2D eigenvalue weighted by Gasteiger charge is -2.34. The van der Waals surface area contributed by atoms with Crippen LogP contribution in [0.25, 0.3) is 0 Å². The maximum Gasteiger partial charge on any atom is 0.0230 e. The average molecular weight is 276 g/mol. The van der Waals surface area contributed by atoms with Gasteiger partial charge in [-0.1, -0.05) is 57.5 Å². The molecule has 1 unspecified atom stereocenters. The molecule has 0 aliphatic carbocycles. The third-order valence-corrected chi connectivity index (χ3v) is 4.02. The first-order chi connectivity index (χ1) is 9.34. The molecule has 1 rings (SSSR count). The van der Waals surface area contributed by atoms with Crippen molar-refractivity contribution in [2.45, 2.75) is 53.6 Å². The molecule has 0 bridgehead atoms.